The Hall–Kier alpha value is -3.52. The molecule has 166 valence electrons. The van der Waals surface area contributed by atoms with E-state index in [2.05, 4.69) is 4.72 Å². The van der Waals surface area contributed by atoms with Crippen LogP contribution < -0.4 is 14.2 Å². The van der Waals surface area contributed by atoms with Gasteiger partial charge in [0.25, 0.3) is 10.0 Å². The van der Waals surface area contributed by atoms with Crippen LogP contribution in [0.25, 0.3) is 16.9 Å². The lowest BCUT2D eigenvalue weighted by Crippen LogP contribution is -2.14. The number of rotatable bonds is 8. The van der Waals surface area contributed by atoms with Crippen LogP contribution in [0, 0.1) is 6.92 Å². The van der Waals surface area contributed by atoms with Gasteiger partial charge in [-0.2, -0.15) is 0 Å². The van der Waals surface area contributed by atoms with E-state index in [0.29, 0.717) is 24.7 Å². The average molecular weight is 452 g/mol. The van der Waals surface area contributed by atoms with Crippen LogP contribution in [0.2, 0.25) is 0 Å². The highest BCUT2D eigenvalue weighted by atomic mass is 32.2. The van der Waals surface area contributed by atoms with E-state index in [1.165, 1.54) is 6.07 Å². The predicted octanol–water partition coefficient (Wildman–Crippen LogP) is 4.91. The maximum Gasteiger partial charge on any atom is 0.265 e. The smallest absolute Gasteiger partial charge is 0.265 e. The zero-order valence-corrected chi connectivity index (χ0v) is 19.0. The molecular formula is C24H25N3O4S. The number of nitrogens with one attached hydrogen (secondary N) is 1. The number of aromatic nitrogens is 2. The number of anilines is 1. The maximum atomic E-state index is 13.1. The van der Waals surface area contributed by atoms with E-state index >= 15 is 0 Å². The molecular weight excluding hydrogens is 426 g/mol. The van der Waals surface area contributed by atoms with Crippen LogP contribution in [-0.4, -0.2) is 31.0 Å². The first kappa shape index (κ1) is 21.7. The summed E-state index contributed by atoms with van der Waals surface area (Å²) in [6.07, 6.45) is 3.86. The summed E-state index contributed by atoms with van der Waals surface area (Å²) in [5.41, 5.74) is 3.94. The summed E-state index contributed by atoms with van der Waals surface area (Å²) in [5, 5.41) is 0. The average Bonchev–Trinajstić information content (AvgIpc) is 3.20. The highest BCUT2D eigenvalue weighted by molar-refractivity contribution is 7.92. The van der Waals surface area contributed by atoms with Crippen molar-refractivity contribution in [1.29, 1.82) is 0 Å². The van der Waals surface area contributed by atoms with Gasteiger partial charge < -0.3 is 13.9 Å². The molecule has 0 atom stereocenters. The molecule has 8 heteroatoms. The van der Waals surface area contributed by atoms with Gasteiger partial charge in [0.05, 0.1) is 18.9 Å². The van der Waals surface area contributed by atoms with Gasteiger partial charge in [0.2, 0.25) is 0 Å². The van der Waals surface area contributed by atoms with Gasteiger partial charge in [-0.1, -0.05) is 18.2 Å². The van der Waals surface area contributed by atoms with Crippen LogP contribution in [0.3, 0.4) is 0 Å². The summed E-state index contributed by atoms with van der Waals surface area (Å²) in [5.74, 6) is 0.803. The summed E-state index contributed by atoms with van der Waals surface area (Å²) < 4.78 is 42.0. The van der Waals surface area contributed by atoms with Crippen molar-refractivity contribution in [3.8, 4) is 22.8 Å². The highest BCUT2D eigenvalue weighted by Gasteiger charge is 2.21. The zero-order chi connectivity index (χ0) is 22.7. The van der Waals surface area contributed by atoms with E-state index in [1.807, 2.05) is 48.8 Å². The van der Waals surface area contributed by atoms with Crippen molar-refractivity contribution in [2.45, 2.75) is 25.7 Å². The first-order valence-corrected chi connectivity index (χ1v) is 11.9. The van der Waals surface area contributed by atoms with E-state index in [4.69, 9.17) is 14.5 Å². The fourth-order valence-electron chi connectivity index (χ4n) is 3.48. The highest BCUT2D eigenvalue weighted by Crippen LogP contribution is 2.31. The molecule has 0 bridgehead atoms. The van der Waals surface area contributed by atoms with Crippen molar-refractivity contribution in [2.24, 2.45) is 0 Å². The van der Waals surface area contributed by atoms with E-state index in [0.717, 1.165) is 22.5 Å². The molecule has 0 amide bonds. The molecule has 2 aromatic carbocycles. The number of benzene rings is 2. The van der Waals surface area contributed by atoms with E-state index in [-0.39, 0.29) is 10.6 Å². The molecule has 1 N–H and O–H groups in total. The molecule has 0 aliphatic heterocycles. The number of aryl methyl sites for hydroxylation is 1. The number of sulfonamides is 1. The molecule has 32 heavy (non-hydrogen) atoms. The van der Waals surface area contributed by atoms with Crippen LogP contribution in [-0.2, 0) is 10.0 Å². The summed E-state index contributed by atoms with van der Waals surface area (Å²) >= 11 is 0. The molecule has 0 radical (unpaired) electrons. The third-order valence-corrected chi connectivity index (χ3v) is 6.32. The number of hydrogen-bond donors (Lipinski definition) is 1. The Morgan fingerprint density at radius 3 is 2.56 bits per heavy atom. The molecule has 0 unspecified atom stereocenters. The van der Waals surface area contributed by atoms with Crippen molar-refractivity contribution in [1.82, 2.24) is 9.38 Å². The minimum atomic E-state index is -3.88. The van der Waals surface area contributed by atoms with Gasteiger partial charge >= 0.3 is 0 Å². The second-order valence-corrected chi connectivity index (χ2v) is 8.86. The molecule has 4 rings (SSSR count). The molecule has 2 aromatic heterocycles. The molecule has 0 aliphatic carbocycles. The van der Waals surface area contributed by atoms with Crippen LogP contribution in [0.1, 0.15) is 19.4 Å². The van der Waals surface area contributed by atoms with Crippen molar-refractivity contribution in [3.05, 3.63) is 72.6 Å². The van der Waals surface area contributed by atoms with Crippen molar-refractivity contribution in [3.63, 3.8) is 0 Å². The fraction of sp³-hybridized carbons (Fsp3) is 0.208. The minimum Gasteiger partial charge on any atom is -0.494 e. The third kappa shape index (κ3) is 4.40. The quantitative estimate of drug-likeness (QED) is 0.412. The second-order valence-electron chi connectivity index (χ2n) is 7.21. The summed E-state index contributed by atoms with van der Waals surface area (Å²) in [7, 11) is -3.88. The fourth-order valence-corrected chi connectivity index (χ4v) is 4.66. The summed E-state index contributed by atoms with van der Waals surface area (Å²) in [4.78, 5) is 4.75. The first-order chi connectivity index (χ1) is 15.4. The monoisotopic (exact) mass is 451 g/mol. The number of nitrogens with zero attached hydrogens (tertiary/aromatic N) is 2. The van der Waals surface area contributed by atoms with Gasteiger partial charge in [-0.05, 0) is 56.7 Å². The minimum absolute atomic E-state index is 0.0524. The Morgan fingerprint density at radius 1 is 1.00 bits per heavy atom. The lowest BCUT2D eigenvalue weighted by Gasteiger charge is -2.14. The lowest BCUT2D eigenvalue weighted by molar-refractivity contribution is 0.317. The standard InChI is InChI=1S/C24H25N3O4S/c1-4-30-20-11-12-23(22(15-20)31-5-2)32(28,29)26-19-10-6-9-18(14-19)21-16-27-13-7-8-17(3)24(27)25-21/h6-16,26H,4-5H2,1-3H3. The van der Waals surface area contributed by atoms with Crippen LogP contribution in [0.5, 0.6) is 11.5 Å². The molecule has 0 spiro atoms. The SMILES string of the molecule is CCOc1ccc(S(=O)(=O)Nc2cccc(-c3cn4cccc(C)c4n3)c2)c(OCC)c1. The third-order valence-electron chi connectivity index (χ3n) is 4.90. The molecule has 4 aromatic rings. The lowest BCUT2D eigenvalue weighted by atomic mass is 10.1. The van der Waals surface area contributed by atoms with Crippen LogP contribution >= 0.6 is 0 Å². The van der Waals surface area contributed by atoms with Gasteiger partial charge in [-0.15, -0.1) is 0 Å². The Kier molecular flexibility index (Phi) is 6.05. The van der Waals surface area contributed by atoms with Gasteiger partial charge in [0.15, 0.2) is 0 Å². The van der Waals surface area contributed by atoms with E-state index < -0.39 is 10.0 Å². The number of imidazole rings is 1. The Balaban J connectivity index is 1.66. The number of ether oxygens (including phenoxy) is 2. The van der Waals surface area contributed by atoms with Crippen molar-refractivity contribution in [2.75, 3.05) is 17.9 Å². The van der Waals surface area contributed by atoms with E-state index in [9.17, 15) is 8.42 Å². The van der Waals surface area contributed by atoms with Crippen molar-refractivity contribution >= 4 is 21.4 Å². The van der Waals surface area contributed by atoms with Gasteiger partial charge in [0.1, 0.15) is 22.0 Å². The Bertz CT molecular complexity index is 1360. The molecule has 0 saturated heterocycles. The first-order valence-electron chi connectivity index (χ1n) is 10.4. The molecule has 0 saturated carbocycles. The summed E-state index contributed by atoms with van der Waals surface area (Å²) in [6, 6.07) is 15.8. The Morgan fingerprint density at radius 2 is 1.81 bits per heavy atom. The second kappa shape index (κ2) is 8.92. The molecule has 0 fully saturated rings. The largest absolute Gasteiger partial charge is 0.494 e. The topological polar surface area (TPSA) is 81.9 Å². The van der Waals surface area contributed by atoms with Gasteiger partial charge in [-0.3, -0.25) is 4.72 Å². The van der Waals surface area contributed by atoms with Crippen LogP contribution in [0.15, 0.2) is 71.9 Å². The predicted molar refractivity (Wildman–Crippen MR) is 125 cm³/mol. The molecule has 7 nitrogen and oxygen atoms in total. The number of pyridine rings is 1. The molecule has 0 aliphatic rings. The normalized spacial score (nSPS) is 11.5. The van der Waals surface area contributed by atoms with E-state index in [1.54, 1.807) is 37.3 Å². The van der Waals surface area contributed by atoms with Gasteiger partial charge in [-0.25, -0.2) is 13.4 Å². The number of hydrogen-bond acceptors (Lipinski definition) is 5. The zero-order valence-electron chi connectivity index (χ0n) is 18.2. The van der Waals surface area contributed by atoms with Crippen molar-refractivity contribution < 1.29 is 17.9 Å². The number of fused-ring (bicyclic) bond motifs is 1. The van der Waals surface area contributed by atoms with Crippen LogP contribution in [0.4, 0.5) is 5.69 Å². The molecule has 2 heterocycles. The van der Waals surface area contributed by atoms with Gasteiger partial charge in [0, 0.05) is 29.7 Å². The Labute approximate surface area is 187 Å². The maximum absolute atomic E-state index is 13.1. The summed E-state index contributed by atoms with van der Waals surface area (Å²) in [6.45, 7) is 6.48.